The van der Waals surface area contributed by atoms with Crippen LogP contribution >= 0.6 is 0 Å². The molecule has 2 atom stereocenters. The number of carbonyl (C=O) groups excluding carboxylic acids is 2. The van der Waals surface area contributed by atoms with E-state index in [2.05, 4.69) is 11.4 Å². The first-order valence-corrected chi connectivity index (χ1v) is 15.8. The smallest absolute Gasteiger partial charge is 0.307 e. The summed E-state index contributed by atoms with van der Waals surface area (Å²) in [6, 6.07) is 19.6. The minimum atomic E-state index is -1.05. The van der Waals surface area contributed by atoms with Crippen molar-refractivity contribution in [2.75, 3.05) is 31.8 Å². The van der Waals surface area contributed by atoms with E-state index in [1.807, 2.05) is 54.6 Å². The molecule has 1 amide bonds. The van der Waals surface area contributed by atoms with Gasteiger partial charge in [-0.1, -0.05) is 49.6 Å². The highest BCUT2D eigenvalue weighted by Gasteiger charge is 2.31. The molecular weight excluding hydrogens is 524 g/mol. The summed E-state index contributed by atoms with van der Waals surface area (Å²) in [7, 11) is 1.69. The van der Waals surface area contributed by atoms with Crippen molar-refractivity contribution in [2.24, 2.45) is 5.92 Å². The third kappa shape index (κ3) is 7.92. The molecule has 1 aliphatic carbocycles. The lowest BCUT2D eigenvalue weighted by Gasteiger charge is -2.32. The fourth-order valence-corrected chi connectivity index (χ4v) is 5.96. The number of anilines is 1. The van der Waals surface area contributed by atoms with E-state index in [9.17, 15) is 14.1 Å². The maximum atomic E-state index is 12.9. The number of furan rings is 1. The number of amides is 1. The van der Waals surface area contributed by atoms with Crippen LogP contribution in [-0.2, 0) is 26.5 Å². The first-order chi connectivity index (χ1) is 19.4. The lowest BCUT2D eigenvalue weighted by molar-refractivity contribution is -0.143. The Morgan fingerprint density at radius 1 is 1.10 bits per heavy atom. The van der Waals surface area contributed by atoms with E-state index in [1.165, 1.54) is 24.2 Å². The number of carbonyl (C=O) groups is 2. The second kappa shape index (κ2) is 14.4. The number of nitrogens with zero attached hydrogens (tertiary/aromatic N) is 1. The number of rotatable bonds is 12. The summed E-state index contributed by atoms with van der Waals surface area (Å²) in [6.07, 6.45) is 7.71. The van der Waals surface area contributed by atoms with Gasteiger partial charge in [0.2, 0.25) is 0 Å². The van der Waals surface area contributed by atoms with Gasteiger partial charge in [0.25, 0.3) is 5.91 Å². The molecule has 0 radical (unpaired) electrons. The molecule has 8 heteroatoms. The zero-order valence-electron chi connectivity index (χ0n) is 23.7. The average Bonchev–Trinajstić information content (AvgIpc) is 3.38. The van der Waals surface area contributed by atoms with Gasteiger partial charge in [-0.2, -0.15) is 0 Å². The molecule has 4 rings (SSSR count). The highest BCUT2D eigenvalue weighted by Crippen LogP contribution is 2.41. The predicted octanol–water partition coefficient (Wildman–Crippen LogP) is 6.58. The predicted molar refractivity (Wildman–Crippen MR) is 160 cm³/mol. The van der Waals surface area contributed by atoms with Crippen LogP contribution in [0.2, 0.25) is 0 Å². The van der Waals surface area contributed by atoms with Crippen molar-refractivity contribution in [2.45, 2.75) is 57.2 Å². The maximum absolute atomic E-state index is 12.9. The van der Waals surface area contributed by atoms with E-state index in [0.717, 1.165) is 41.2 Å². The van der Waals surface area contributed by atoms with Crippen molar-refractivity contribution in [1.29, 1.82) is 0 Å². The zero-order valence-corrected chi connectivity index (χ0v) is 24.5. The quantitative estimate of drug-likeness (QED) is 0.197. The lowest BCUT2D eigenvalue weighted by Crippen LogP contribution is -2.29. The Hall–Kier alpha value is -3.23. The van der Waals surface area contributed by atoms with Crippen LogP contribution < -0.4 is 5.32 Å². The summed E-state index contributed by atoms with van der Waals surface area (Å²) in [5, 5.41) is 3.75. The maximum Gasteiger partial charge on any atom is 0.307 e. The number of esters is 1. The van der Waals surface area contributed by atoms with Crippen LogP contribution in [-0.4, -0.2) is 47.8 Å². The van der Waals surface area contributed by atoms with Gasteiger partial charge in [0.05, 0.1) is 25.3 Å². The Balaban J connectivity index is 1.56. The van der Waals surface area contributed by atoms with E-state index in [4.69, 9.17) is 9.15 Å². The van der Waals surface area contributed by atoms with Gasteiger partial charge < -0.3 is 23.9 Å². The van der Waals surface area contributed by atoms with Crippen LogP contribution in [0.5, 0.6) is 0 Å². The third-order valence-electron chi connectivity index (χ3n) is 7.45. The van der Waals surface area contributed by atoms with Gasteiger partial charge in [0.15, 0.2) is 11.5 Å². The molecule has 7 nitrogen and oxygen atoms in total. The molecule has 0 bridgehead atoms. The van der Waals surface area contributed by atoms with Crippen LogP contribution in [0.1, 0.15) is 73.2 Å². The molecule has 0 spiro atoms. The van der Waals surface area contributed by atoms with E-state index in [-0.39, 0.29) is 24.3 Å². The van der Waals surface area contributed by atoms with Gasteiger partial charge in [0.1, 0.15) is 5.76 Å². The first-order valence-electron chi connectivity index (χ1n) is 14.1. The summed E-state index contributed by atoms with van der Waals surface area (Å²) in [6.45, 7) is 2.39. The SMILES string of the molecule is CCOC(=O)CCN(C)C(=O)c1ccc(NC(c2cc(-c3ccccc3)oc2C[S+](C)[O-])C2CCCCC2)cc1. The summed E-state index contributed by atoms with van der Waals surface area (Å²) >= 11 is -1.05. The normalized spacial score (nSPS) is 15.3. The van der Waals surface area contributed by atoms with Gasteiger partial charge in [-0.05, 0) is 67.2 Å². The second-order valence-corrected chi connectivity index (χ2v) is 11.9. The number of hydrogen-bond donors (Lipinski definition) is 1. The van der Waals surface area contributed by atoms with E-state index >= 15 is 0 Å². The largest absolute Gasteiger partial charge is 0.616 e. The van der Waals surface area contributed by atoms with Gasteiger partial charge in [-0.25, -0.2) is 0 Å². The summed E-state index contributed by atoms with van der Waals surface area (Å²) in [5.41, 5.74) is 3.52. The first kappa shape index (κ1) is 29.7. The topological polar surface area (TPSA) is 94.8 Å². The van der Waals surface area contributed by atoms with Crippen molar-refractivity contribution in [3.05, 3.63) is 77.6 Å². The minimum absolute atomic E-state index is 0.00568. The van der Waals surface area contributed by atoms with Gasteiger partial charge in [-0.3, -0.25) is 9.59 Å². The van der Waals surface area contributed by atoms with Crippen molar-refractivity contribution < 1.29 is 23.3 Å². The molecule has 1 aliphatic rings. The molecule has 2 aromatic carbocycles. The van der Waals surface area contributed by atoms with Gasteiger partial charge in [-0.15, -0.1) is 0 Å². The van der Waals surface area contributed by atoms with Crippen molar-refractivity contribution >= 4 is 28.7 Å². The molecule has 2 unspecified atom stereocenters. The number of hydrogen-bond acceptors (Lipinski definition) is 6. The molecule has 1 saturated carbocycles. The Bertz CT molecular complexity index is 1240. The molecule has 1 N–H and O–H groups in total. The number of ether oxygens (including phenoxy) is 1. The van der Waals surface area contributed by atoms with Crippen LogP contribution in [0, 0.1) is 5.92 Å². The molecule has 1 fully saturated rings. The van der Waals surface area contributed by atoms with Crippen LogP contribution in [0.3, 0.4) is 0 Å². The van der Waals surface area contributed by atoms with E-state index in [1.54, 1.807) is 20.2 Å². The monoisotopic (exact) mass is 564 g/mol. The molecule has 0 saturated heterocycles. The Morgan fingerprint density at radius 2 is 1.80 bits per heavy atom. The highest BCUT2D eigenvalue weighted by molar-refractivity contribution is 7.89. The molecule has 1 heterocycles. The van der Waals surface area contributed by atoms with E-state index < -0.39 is 11.2 Å². The molecular formula is C32H40N2O5S. The molecule has 214 valence electrons. The van der Waals surface area contributed by atoms with Crippen molar-refractivity contribution in [3.63, 3.8) is 0 Å². The van der Waals surface area contributed by atoms with Crippen LogP contribution in [0.4, 0.5) is 5.69 Å². The molecule has 0 aliphatic heterocycles. The van der Waals surface area contributed by atoms with Gasteiger partial charge in [0, 0.05) is 36.0 Å². The fraction of sp³-hybridized carbons (Fsp3) is 0.438. The zero-order chi connectivity index (χ0) is 28.5. The van der Waals surface area contributed by atoms with Crippen LogP contribution in [0.25, 0.3) is 11.3 Å². The Morgan fingerprint density at radius 3 is 2.45 bits per heavy atom. The molecule has 3 aromatic rings. The Labute approximate surface area is 240 Å². The molecule has 1 aromatic heterocycles. The van der Waals surface area contributed by atoms with Gasteiger partial charge >= 0.3 is 5.97 Å². The third-order valence-corrected chi connectivity index (χ3v) is 8.12. The van der Waals surface area contributed by atoms with Crippen LogP contribution in [0.15, 0.2) is 65.1 Å². The highest BCUT2D eigenvalue weighted by atomic mass is 32.2. The number of nitrogens with one attached hydrogen (secondary N) is 1. The van der Waals surface area contributed by atoms with Crippen molar-refractivity contribution in [3.8, 4) is 11.3 Å². The summed E-state index contributed by atoms with van der Waals surface area (Å²) in [4.78, 5) is 26.1. The average molecular weight is 565 g/mol. The summed E-state index contributed by atoms with van der Waals surface area (Å²) < 4.78 is 23.6. The lowest BCUT2D eigenvalue weighted by atomic mass is 9.81. The van der Waals surface area contributed by atoms with Crippen molar-refractivity contribution in [1.82, 2.24) is 4.90 Å². The Kier molecular flexibility index (Phi) is 10.7. The minimum Gasteiger partial charge on any atom is -0.616 e. The second-order valence-electron chi connectivity index (χ2n) is 10.5. The number of benzene rings is 2. The summed E-state index contributed by atoms with van der Waals surface area (Å²) in [5.74, 6) is 1.86. The standard InChI is InChI=1S/C32H40N2O5S/c1-4-38-30(35)19-20-34(2)32(36)25-15-17-26(18-16-25)33-31(24-13-9-6-10-14-24)27-21-28(23-11-7-5-8-12-23)39-29(27)22-40(3)37/h5,7-8,11-12,15-18,21,24,31,33H,4,6,9-10,13-14,19-20,22H2,1-3H3. The fourth-order valence-electron chi connectivity index (χ4n) is 5.37. The van der Waals surface area contributed by atoms with E-state index in [0.29, 0.717) is 30.4 Å². The molecule has 40 heavy (non-hydrogen) atoms.